The van der Waals surface area contributed by atoms with Crippen LogP contribution in [0.5, 0.6) is 0 Å². The fourth-order valence-electron chi connectivity index (χ4n) is 1.80. The summed E-state index contributed by atoms with van der Waals surface area (Å²) in [5, 5.41) is 6.60. The van der Waals surface area contributed by atoms with E-state index in [-0.39, 0.29) is 6.04 Å². The number of rotatable bonds is 7. The van der Waals surface area contributed by atoms with Crippen molar-refractivity contribution in [3.63, 3.8) is 0 Å². The normalized spacial score (nSPS) is 12.1. The van der Waals surface area contributed by atoms with Crippen molar-refractivity contribution in [1.29, 1.82) is 0 Å². The SMILES string of the molecule is CCCNc1cc(NC(C)Cn2ccnc2)ncn1. The van der Waals surface area contributed by atoms with Crippen molar-refractivity contribution in [2.45, 2.75) is 32.9 Å². The van der Waals surface area contributed by atoms with Crippen molar-refractivity contribution in [1.82, 2.24) is 19.5 Å². The second-order valence-corrected chi connectivity index (χ2v) is 4.52. The van der Waals surface area contributed by atoms with E-state index in [0.29, 0.717) is 0 Å². The van der Waals surface area contributed by atoms with E-state index < -0.39 is 0 Å². The largest absolute Gasteiger partial charge is 0.370 e. The molecule has 0 amide bonds. The highest BCUT2D eigenvalue weighted by Crippen LogP contribution is 2.10. The van der Waals surface area contributed by atoms with Crippen LogP contribution < -0.4 is 10.6 Å². The molecule has 6 heteroatoms. The molecule has 2 rings (SSSR count). The monoisotopic (exact) mass is 260 g/mol. The Bertz CT molecular complexity index is 482. The molecule has 2 aromatic heterocycles. The van der Waals surface area contributed by atoms with Crippen LogP contribution in [0.2, 0.25) is 0 Å². The molecule has 19 heavy (non-hydrogen) atoms. The summed E-state index contributed by atoms with van der Waals surface area (Å²) in [5.74, 6) is 1.69. The highest BCUT2D eigenvalue weighted by atomic mass is 15.1. The molecule has 0 saturated carbocycles. The number of hydrogen-bond donors (Lipinski definition) is 2. The summed E-state index contributed by atoms with van der Waals surface area (Å²) in [7, 11) is 0. The quantitative estimate of drug-likeness (QED) is 0.797. The molecule has 6 nitrogen and oxygen atoms in total. The number of nitrogens with one attached hydrogen (secondary N) is 2. The van der Waals surface area contributed by atoms with Gasteiger partial charge in [0.2, 0.25) is 0 Å². The number of anilines is 2. The Kier molecular flexibility index (Phi) is 4.72. The van der Waals surface area contributed by atoms with E-state index in [4.69, 9.17) is 0 Å². The second kappa shape index (κ2) is 6.72. The zero-order chi connectivity index (χ0) is 13.5. The molecule has 0 saturated heterocycles. The Labute approximate surface area is 113 Å². The van der Waals surface area contributed by atoms with Gasteiger partial charge in [-0.15, -0.1) is 0 Å². The van der Waals surface area contributed by atoms with Crippen molar-refractivity contribution < 1.29 is 0 Å². The minimum absolute atomic E-state index is 0.267. The van der Waals surface area contributed by atoms with Gasteiger partial charge in [-0.1, -0.05) is 6.92 Å². The van der Waals surface area contributed by atoms with E-state index in [1.807, 2.05) is 23.2 Å². The lowest BCUT2D eigenvalue weighted by molar-refractivity contribution is 0.617. The maximum atomic E-state index is 4.23. The molecule has 0 aliphatic carbocycles. The molecule has 102 valence electrons. The molecule has 2 aromatic rings. The molecule has 1 unspecified atom stereocenters. The minimum atomic E-state index is 0.267. The van der Waals surface area contributed by atoms with Gasteiger partial charge in [-0.25, -0.2) is 15.0 Å². The standard InChI is InChI=1S/C13H20N6/c1-3-4-15-12-7-13(17-9-16-12)18-11(2)8-19-6-5-14-10-19/h5-7,9-11H,3-4,8H2,1-2H3,(H2,15,16,17,18). The lowest BCUT2D eigenvalue weighted by Gasteiger charge is -2.15. The summed E-state index contributed by atoms with van der Waals surface area (Å²) in [5.41, 5.74) is 0. The van der Waals surface area contributed by atoms with E-state index in [1.54, 1.807) is 12.5 Å². The zero-order valence-corrected chi connectivity index (χ0v) is 11.4. The van der Waals surface area contributed by atoms with Crippen molar-refractivity contribution in [2.75, 3.05) is 17.2 Å². The van der Waals surface area contributed by atoms with Gasteiger partial charge in [0.1, 0.15) is 18.0 Å². The van der Waals surface area contributed by atoms with E-state index in [9.17, 15) is 0 Å². The lowest BCUT2D eigenvalue weighted by Crippen LogP contribution is -2.22. The van der Waals surface area contributed by atoms with Crippen LogP contribution >= 0.6 is 0 Å². The smallest absolute Gasteiger partial charge is 0.131 e. The number of nitrogens with zero attached hydrogens (tertiary/aromatic N) is 4. The Morgan fingerprint density at radius 1 is 1.32 bits per heavy atom. The van der Waals surface area contributed by atoms with Gasteiger partial charge >= 0.3 is 0 Å². The van der Waals surface area contributed by atoms with Crippen LogP contribution in [0.15, 0.2) is 31.1 Å². The number of hydrogen-bond acceptors (Lipinski definition) is 5. The molecule has 0 aliphatic heterocycles. The first-order chi connectivity index (χ1) is 9.28. The summed E-state index contributed by atoms with van der Waals surface area (Å²) in [6.07, 6.45) is 8.19. The van der Waals surface area contributed by atoms with Crippen LogP contribution in [0.4, 0.5) is 11.6 Å². The Morgan fingerprint density at radius 3 is 2.89 bits per heavy atom. The molecule has 0 fully saturated rings. The molecule has 2 heterocycles. The van der Waals surface area contributed by atoms with Gasteiger partial charge in [0.15, 0.2) is 0 Å². The van der Waals surface area contributed by atoms with Crippen LogP contribution in [-0.4, -0.2) is 32.1 Å². The molecular formula is C13H20N6. The summed E-state index contributed by atoms with van der Waals surface area (Å²) in [4.78, 5) is 12.4. The van der Waals surface area contributed by atoms with Crippen LogP contribution in [0.25, 0.3) is 0 Å². The van der Waals surface area contributed by atoms with Gasteiger partial charge in [0.25, 0.3) is 0 Å². The van der Waals surface area contributed by atoms with Crippen LogP contribution in [0, 0.1) is 0 Å². The molecule has 0 aromatic carbocycles. The second-order valence-electron chi connectivity index (χ2n) is 4.52. The van der Waals surface area contributed by atoms with Crippen molar-refractivity contribution in [3.8, 4) is 0 Å². The predicted molar refractivity (Wildman–Crippen MR) is 76.1 cm³/mol. The summed E-state index contributed by atoms with van der Waals surface area (Å²) < 4.78 is 2.04. The highest BCUT2D eigenvalue weighted by Gasteiger charge is 2.04. The third-order valence-electron chi connectivity index (χ3n) is 2.66. The van der Waals surface area contributed by atoms with Crippen LogP contribution in [0.3, 0.4) is 0 Å². The first kappa shape index (κ1) is 13.3. The number of aromatic nitrogens is 4. The summed E-state index contributed by atoms with van der Waals surface area (Å²) in [6.45, 7) is 6.00. The number of imidazole rings is 1. The van der Waals surface area contributed by atoms with E-state index in [0.717, 1.165) is 31.1 Å². The van der Waals surface area contributed by atoms with Crippen LogP contribution in [0.1, 0.15) is 20.3 Å². The zero-order valence-electron chi connectivity index (χ0n) is 11.4. The molecular weight excluding hydrogens is 240 g/mol. The summed E-state index contributed by atoms with van der Waals surface area (Å²) >= 11 is 0. The molecule has 0 aliphatic rings. The van der Waals surface area contributed by atoms with Gasteiger partial charge in [-0.2, -0.15) is 0 Å². The molecule has 0 bridgehead atoms. The first-order valence-corrected chi connectivity index (χ1v) is 6.56. The van der Waals surface area contributed by atoms with E-state index in [1.165, 1.54) is 0 Å². The fourth-order valence-corrected chi connectivity index (χ4v) is 1.80. The third kappa shape index (κ3) is 4.24. The molecule has 1 atom stereocenters. The van der Waals surface area contributed by atoms with E-state index >= 15 is 0 Å². The Balaban J connectivity index is 1.90. The van der Waals surface area contributed by atoms with Crippen molar-refractivity contribution >= 4 is 11.6 Å². The fraction of sp³-hybridized carbons (Fsp3) is 0.462. The van der Waals surface area contributed by atoms with Gasteiger partial charge in [-0.3, -0.25) is 0 Å². The van der Waals surface area contributed by atoms with Gasteiger partial charge < -0.3 is 15.2 Å². The average Bonchev–Trinajstić information content (AvgIpc) is 2.89. The molecule has 2 N–H and O–H groups in total. The first-order valence-electron chi connectivity index (χ1n) is 6.56. The van der Waals surface area contributed by atoms with Gasteiger partial charge in [-0.05, 0) is 13.3 Å². The summed E-state index contributed by atoms with van der Waals surface area (Å²) in [6, 6.07) is 2.20. The maximum absolute atomic E-state index is 4.23. The highest BCUT2D eigenvalue weighted by molar-refractivity contribution is 5.46. The third-order valence-corrected chi connectivity index (χ3v) is 2.66. The molecule has 0 radical (unpaired) electrons. The van der Waals surface area contributed by atoms with Crippen molar-refractivity contribution in [2.24, 2.45) is 0 Å². The molecule has 0 spiro atoms. The van der Waals surface area contributed by atoms with Gasteiger partial charge in [0.05, 0.1) is 6.33 Å². The van der Waals surface area contributed by atoms with Crippen LogP contribution in [-0.2, 0) is 6.54 Å². The Hall–Kier alpha value is -2.11. The van der Waals surface area contributed by atoms with Crippen molar-refractivity contribution in [3.05, 3.63) is 31.1 Å². The lowest BCUT2D eigenvalue weighted by atomic mass is 10.3. The average molecular weight is 260 g/mol. The predicted octanol–water partition coefficient (Wildman–Crippen LogP) is 2.00. The topological polar surface area (TPSA) is 67.7 Å². The van der Waals surface area contributed by atoms with E-state index in [2.05, 4.69) is 39.4 Å². The maximum Gasteiger partial charge on any atom is 0.131 e. The van der Waals surface area contributed by atoms with Gasteiger partial charge in [0, 0.05) is 37.6 Å². The minimum Gasteiger partial charge on any atom is -0.370 e. The Morgan fingerprint density at radius 2 is 2.16 bits per heavy atom.